The van der Waals surface area contributed by atoms with Crippen molar-refractivity contribution in [3.8, 4) is 11.7 Å². The molecule has 13 heavy (non-hydrogen) atoms. The van der Waals surface area contributed by atoms with E-state index in [2.05, 4.69) is 15.2 Å². The standard InChI is InChI=1S/C7H8N4S2/c1-2-12-3-5-4-13-7(10-5)11-6(8)9/h1,4H,3H2,(H4,8,9,10,11). The summed E-state index contributed by atoms with van der Waals surface area (Å²) in [5, 5.41) is 4.91. The summed E-state index contributed by atoms with van der Waals surface area (Å²) in [7, 11) is 0. The first-order chi connectivity index (χ1) is 6.22. The molecule has 6 heteroatoms. The highest BCUT2D eigenvalue weighted by molar-refractivity contribution is 8.03. The normalized spacial score (nSPS) is 9.15. The van der Waals surface area contributed by atoms with Gasteiger partial charge in [0.25, 0.3) is 0 Å². The maximum Gasteiger partial charge on any atom is 0.212 e. The van der Waals surface area contributed by atoms with Gasteiger partial charge in [0, 0.05) is 11.1 Å². The van der Waals surface area contributed by atoms with E-state index in [1.54, 1.807) is 0 Å². The van der Waals surface area contributed by atoms with Crippen LogP contribution in [0.1, 0.15) is 5.69 Å². The van der Waals surface area contributed by atoms with Crippen molar-refractivity contribution in [2.24, 2.45) is 16.5 Å². The average molecular weight is 212 g/mol. The zero-order valence-corrected chi connectivity index (χ0v) is 8.36. The monoisotopic (exact) mass is 212 g/mol. The Hall–Kier alpha value is -1.19. The Kier molecular flexibility index (Phi) is 3.61. The van der Waals surface area contributed by atoms with E-state index in [-0.39, 0.29) is 5.96 Å². The van der Waals surface area contributed by atoms with Crippen LogP contribution in [0.2, 0.25) is 0 Å². The predicted octanol–water partition coefficient (Wildman–Crippen LogP) is 0.872. The Morgan fingerprint density at radius 3 is 3.15 bits per heavy atom. The van der Waals surface area contributed by atoms with E-state index in [4.69, 9.17) is 17.9 Å². The first-order valence-corrected chi connectivity index (χ1v) is 5.20. The minimum absolute atomic E-state index is 0.0190. The SMILES string of the molecule is C#CSCc1csc(N=C(N)N)n1. The predicted molar refractivity (Wildman–Crippen MR) is 57.7 cm³/mol. The highest BCUT2D eigenvalue weighted by Crippen LogP contribution is 2.21. The molecule has 4 nitrogen and oxygen atoms in total. The van der Waals surface area contributed by atoms with Crippen molar-refractivity contribution in [2.75, 3.05) is 0 Å². The molecule has 1 heterocycles. The van der Waals surface area contributed by atoms with Gasteiger partial charge in [-0.25, -0.2) is 4.98 Å². The molecule has 1 rings (SSSR count). The first kappa shape index (κ1) is 9.89. The molecule has 0 amide bonds. The number of terminal acetylenes is 1. The maximum absolute atomic E-state index is 5.19. The van der Waals surface area contributed by atoms with Crippen molar-refractivity contribution >= 4 is 34.2 Å². The molecule has 0 aliphatic rings. The van der Waals surface area contributed by atoms with E-state index in [1.807, 2.05) is 5.38 Å². The number of thioether (sulfide) groups is 1. The summed E-state index contributed by atoms with van der Waals surface area (Å²) in [5.41, 5.74) is 11.3. The van der Waals surface area contributed by atoms with E-state index in [9.17, 15) is 0 Å². The molecule has 0 bridgehead atoms. The van der Waals surface area contributed by atoms with Crippen LogP contribution >= 0.6 is 23.1 Å². The van der Waals surface area contributed by atoms with E-state index in [0.29, 0.717) is 10.9 Å². The summed E-state index contributed by atoms with van der Waals surface area (Å²) in [6.45, 7) is 0. The van der Waals surface area contributed by atoms with Crippen molar-refractivity contribution < 1.29 is 0 Å². The lowest BCUT2D eigenvalue weighted by Crippen LogP contribution is -2.21. The summed E-state index contributed by atoms with van der Waals surface area (Å²) in [4.78, 5) is 7.95. The lowest BCUT2D eigenvalue weighted by molar-refractivity contribution is 1.21. The third-order valence-electron chi connectivity index (χ3n) is 1.07. The molecule has 0 aromatic carbocycles. The maximum atomic E-state index is 5.19. The lowest BCUT2D eigenvalue weighted by atomic mass is 10.6. The number of aromatic nitrogens is 1. The van der Waals surface area contributed by atoms with Crippen LogP contribution < -0.4 is 11.5 Å². The molecule has 68 valence electrons. The number of guanidine groups is 1. The molecule has 0 aliphatic heterocycles. The number of hydrogen-bond acceptors (Lipinski definition) is 4. The largest absolute Gasteiger partial charge is 0.370 e. The van der Waals surface area contributed by atoms with E-state index in [0.717, 1.165) is 5.69 Å². The summed E-state index contributed by atoms with van der Waals surface area (Å²) in [6.07, 6.45) is 5.08. The molecule has 4 N–H and O–H groups in total. The van der Waals surface area contributed by atoms with Crippen LogP contribution in [0, 0.1) is 11.7 Å². The fourth-order valence-electron chi connectivity index (χ4n) is 0.640. The van der Waals surface area contributed by atoms with Gasteiger partial charge in [-0.3, -0.25) is 0 Å². The van der Waals surface area contributed by atoms with Crippen LogP contribution in [-0.4, -0.2) is 10.9 Å². The zero-order chi connectivity index (χ0) is 9.68. The number of nitrogens with two attached hydrogens (primary N) is 2. The second-order valence-electron chi connectivity index (χ2n) is 2.06. The van der Waals surface area contributed by atoms with Crippen molar-refractivity contribution in [1.82, 2.24) is 4.98 Å². The number of hydrogen-bond donors (Lipinski definition) is 2. The fourth-order valence-corrected chi connectivity index (χ4v) is 1.83. The summed E-state index contributed by atoms with van der Waals surface area (Å²) < 4.78 is 0. The molecule has 0 saturated heterocycles. The van der Waals surface area contributed by atoms with Gasteiger partial charge in [0.1, 0.15) is 0 Å². The van der Waals surface area contributed by atoms with Crippen LogP contribution in [0.15, 0.2) is 10.4 Å². The molecule has 0 saturated carbocycles. The molecular formula is C7H8N4S2. The van der Waals surface area contributed by atoms with Gasteiger partial charge in [-0.15, -0.1) is 17.8 Å². The first-order valence-electron chi connectivity index (χ1n) is 3.34. The van der Waals surface area contributed by atoms with Gasteiger partial charge >= 0.3 is 0 Å². The third kappa shape index (κ3) is 3.36. The van der Waals surface area contributed by atoms with Gasteiger partial charge in [0.05, 0.1) is 5.69 Å². The van der Waals surface area contributed by atoms with Gasteiger partial charge in [0.15, 0.2) is 5.96 Å². The van der Waals surface area contributed by atoms with Crippen LogP contribution in [0.4, 0.5) is 5.13 Å². The molecule has 0 unspecified atom stereocenters. The molecule has 1 aromatic heterocycles. The highest BCUT2D eigenvalue weighted by Gasteiger charge is 1.99. The van der Waals surface area contributed by atoms with Crippen LogP contribution in [0.5, 0.6) is 0 Å². The third-order valence-corrected chi connectivity index (χ3v) is 2.46. The highest BCUT2D eigenvalue weighted by atomic mass is 32.2. The Balaban J connectivity index is 2.65. The van der Waals surface area contributed by atoms with Gasteiger partial charge in [-0.2, -0.15) is 4.99 Å². The molecule has 0 atom stereocenters. The van der Waals surface area contributed by atoms with Gasteiger partial charge in [-0.1, -0.05) is 11.8 Å². The van der Waals surface area contributed by atoms with Crippen LogP contribution in [0.25, 0.3) is 0 Å². The fraction of sp³-hybridized carbons (Fsp3) is 0.143. The molecule has 1 aromatic rings. The van der Waals surface area contributed by atoms with Crippen molar-refractivity contribution in [3.05, 3.63) is 11.1 Å². The topological polar surface area (TPSA) is 77.3 Å². The van der Waals surface area contributed by atoms with Gasteiger partial charge < -0.3 is 11.5 Å². The molecule has 0 spiro atoms. The Bertz CT molecular complexity index is 346. The number of nitrogens with zero attached hydrogens (tertiary/aromatic N) is 2. The second kappa shape index (κ2) is 4.74. The number of rotatable bonds is 3. The van der Waals surface area contributed by atoms with E-state index < -0.39 is 0 Å². The average Bonchev–Trinajstić information content (AvgIpc) is 2.48. The quantitative estimate of drug-likeness (QED) is 0.443. The van der Waals surface area contributed by atoms with Crippen molar-refractivity contribution in [3.63, 3.8) is 0 Å². The summed E-state index contributed by atoms with van der Waals surface area (Å²) >= 11 is 2.74. The number of thiazole rings is 1. The zero-order valence-electron chi connectivity index (χ0n) is 6.73. The summed E-state index contributed by atoms with van der Waals surface area (Å²) in [5.74, 6) is 0.706. The van der Waals surface area contributed by atoms with Crippen molar-refractivity contribution in [1.29, 1.82) is 0 Å². The minimum atomic E-state index is 0.0190. The lowest BCUT2D eigenvalue weighted by Gasteiger charge is -1.87. The molecule has 0 aliphatic carbocycles. The smallest absolute Gasteiger partial charge is 0.212 e. The van der Waals surface area contributed by atoms with Crippen molar-refractivity contribution in [2.45, 2.75) is 5.75 Å². The van der Waals surface area contributed by atoms with Crippen LogP contribution in [-0.2, 0) is 5.75 Å². The Labute approximate surface area is 84.4 Å². The molecule has 0 radical (unpaired) electrons. The van der Waals surface area contributed by atoms with Crippen LogP contribution in [0.3, 0.4) is 0 Å². The van der Waals surface area contributed by atoms with E-state index >= 15 is 0 Å². The number of aliphatic imine (C=N–C) groups is 1. The van der Waals surface area contributed by atoms with Gasteiger partial charge in [-0.05, 0) is 5.25 Å². The minimum Gasteiger partial charge on any atom is -0.370 e. The Morgan fingerprint density at radius 1 is 1.77 bits per heavy atom. The molecular weight excluding hydrogens is 204 g/mol. The van der Waals surface area contributed by atoms with E-state index in [1.165, 1.54) is 23.1 Å². The van der Waals surface area contributed by atoms with Gasteiger partial charge in [0.2, 0.25) is 5.13 Å². The second-order valence-corrected chi connectivity index (χ2v) is 3.71. The Morgan fingerprint density at radius 2 is 2.54 bits per heavy atom. The molecule has 0 fully saturated rings. The summed E-state index contributed by atoms with van der Waals surface area (Å²) in [6, 6.07) is 0.